The van der Waals surface area contributed by atoms with Gasteiger partial charge in [0.15, 0.2) is 0 Å². The highest BCUT2D eigenvalue weighted by Crippen LogP contribution is 2.39. The summed E-state index contributed by atoms with van der Waals surface area (Å²) in [5, 5.41) is 3.13. The summed E-state index contributed by atoms with van der Waals surface area (Å²) in [5.41, 5.74) is 7.65. The molecular weight excluding hydrogens is 319 g/mol. The maximum atomic E-state index is 11.8. The second kappa shape index (κ2) is 7.19. The molecule has 2 rings (SSSR count). The van der Waals surface area contributed by atoms with Crippen LogP contribution in [0.3, 0.4) is 0 Å². The van der Waals surface area contributed by atoms with Gasteiger partial charge in [0.1, 0.15) is 0 Å². The lowest BCUT2D eigenvalue weighted by molar-refractivity contribution is 0.00578. The lowest BCUT2D eigenvalue weighted by Gasteiger charge is -2.32. The molecule has 1 aliphatic heterocycles. The Hall–Kier alpha value is -1.83. The number of hydrogen-bond acceptors (Lipinski definition) is 6. The lowest BCUT2D eigenvalue weighted by atomic mass is 9.76. The molecule has 25 heavy (non-hydrogen) atoms. The zero-order valence-electron chi connectivity index (χ0n) is 15.8. The van der Waals surface area contributed by atoms with Crippen LogP contribution in [-0.4, -0.2) is 45.0 Å². The van der Waals surface area contributed by atoms with Gasteiger partial charge in [-0.1, -0.05) is 18.2 Å². The molecule has 0 aliphatic carbocycles. The Labute approximate surface area is 149 Å². The van der Waals surface area contributed by atoms with E-state index in [9.17, 15) is 4.79 Å². The number of para-hydroxylation sites is 1. The van der Waals surface area contributed by atoms with Crippen LogP contribution in [0.25, 0.3) is 6.08 Å². The predicted molar refractivity (Wildman–Crippen MR) is 100 cm³/mol. The van der Waals surface area contributed by atoms with Crippen LogP contribution in [0.1, 0.15) is 43.6 Å². The van der Waals surface area contributed by atoms with Crippen LogP contribution in [0, 0.1) is 0 Å². The van der Waals surface area contributed by atoms with Crippen LogP contribution < -0.4 is 11.1 Å². The Morgan fingerprint density at radius 3 is 2.40 bits per heavy atom. The largest absolute Gasteiger partial charge is 0.491 e. The molecule has 7 heteroatoms. The third-order valence-electron chi connectivity index (χ3n) is 4.82. The second-order valence-electron chi connectivity index (χ2n) is 7.14. The average Bonchev–Trinajstić information content (AvgIpc) is 2.76. The van der Waals surface area contributed by atoms with E-state index < -0.39 is 24.3 Å². The number of carbonyl (C=O) groups excluding carboxylic acids is 1. The molecule has 1 aromatic carbocycles. The van der Waals surface area contributed by atoms with Crippen molar-refractivity contribution in [2.45, 2.75) is 38.9 Å². The van der Waals surface area contributed by atoms with Crippen molar-refractivity contribution in [1.29, 1.82) is 0 Å². The number of esters is 1. The standard InChI is InChI=1S/C18H27BN2O4/c1-17(2)18(3,4)25-19(24-17)13(11-21-5)10-12-8-7-9-14(15(12)20)16(22)23-6/h7-10,21H,11,20H2,1-6H3. The summed E-state index contributed by atoms with van der Waals surface area (Å²) >= 11 is 0. The molecule has 136 valence electrons. The van der Waals surface area contributed by atoms with Crippen molar-refractivity contribution in [3.63, 3.8) is 0 Å². The molecule has 0 unspecified atom stereocenters. The van der Waals surface area contributed by atoms with Gasteiger partial charge in [-0.3, -0.25) is 0 Å². The summed E-state index contributed by atoms with van der Waals surface area (Å²) in [7, 11) is 2.70. The van der Waals surface area contributed by atoms with Gasteiger partial charge in [-0.2, -0.15) is 0 Å². The normalized spacial score (nSPS) is 19.1. The van der Waals surface area contributed by atoms with Crippen LogP contribution in [0.2, 0.25) is 0 Å². The van der Waals surface area contributed by atoms with Crippen molar-refractivity contribution in [1.82, 2.24) is 5.32 Å². The van der Waals surface area contributed by atoms with Gasteiger partial charge in [0.25, 0.3) is 0 Å². The maximum Gasteiger partial charge on any atom is 0.491 e. The first-order valence-corrected chi connectivity index (χ1v) is 8.30. The molecule has 0 aromatic heterocycles. The van der Waals surface area contributed by atoms with Crippen LogP contribution in [-0.2, 0) is 14.0 Å². The van der Waals surface area contributed by atoms with E-state index in [1.807, 2.05) is 46.9 Å². The summed E-state index contributed by atoms with van der Waals surface area (Å²) < 4.78 is 17.0. The first kappa shape index (κ1) is 19.5. The quantitative estimate of drug-likeness (QED) is 0.484. The number of methoxy groups -OCH3 is 1. The molecule has 1 aromatic rings. The van der Waals surface area contributed by atoms with E-state index in [2.05, 4.69) is 5.32 Å². The number of nitrogens with two attached hydrogens (primary N) is 1. The number of nitrogens with one attached hydrogen (secondary N) is 1. The molecule has 1 fully saturated rings. The SMILES string of the molecule is CNCC(=Cc1cccc(C(=O)OC)c1N)B1OC(C)(C)C(C)(C)O1. The third-order valence-corrected chi connectivity index (χ3v) is 4.82. The molecule has 0 atom stereocenters. The van der Waals surface area contributed by atoms with E-state index in [0.29, 0.717) is 17.8 Å². The zero-order valence-corrected chi connectivity index (χ0v) is 15.8. The summed E-state index contributed by atoms with van der Waals surface area (Å²) in [6, 6.07) is 5.27. The van der Waals surface area contributed by atoms with E-state index in [0.717, 1.165) is 11.0 Å². The van der Waals surface area contributed by atoms with Gasteiger partial charge in [0.05, 0.1) is 29.6 Å². The van der Waals surface area contributed by atoms with Gasteiger partial charge >= 0.3 is 13.1 Å². The fraction of sp³-hybridized carbons (Fsp3) is 0.500. The van der Waals surface area contributed by atoms with Crippen LogP contribution in [0.5, 0.6) is 0 Å². The van der Waals surface area contributed by atoms with E-state index in [4.69, 9.17) is 19.8 Å². The number of nitrogen functional groups attached to an aromatic ring is 1. The van der Waals surface area contributed by atoms with Crippen LogP contribution in [0.15, 0.2) is 23.7 Å². The van der Waals surface area contributed by atoms with Crippen molar-refractivity contribution in [3.8, 4) is 0 Å². The Morgan fingerprint density at radius 1 is 1.28 bits per heavy atom. The number of hydrogen-bond donors (Lipinski definition) is 2. The molecule has 0 bridgehead atoms. The summed E-state index contributed by atoms with van der Waals surface area (Å²) in [6.45, 7) is 8.61. The first-order chi connectivity index (χ1) is 11.6. The minimum Gasteiger partial charge on any atom is -0.465 e. The molecule has 1 aliphatic rings. The van der Waals surface area contributed by atoms with E-state index in [1.54, 1.807) is 12.1 Å². The van der Waals surface area contributed by atoms with Gasteiger partial charge in [0, 0.05) is 6.54 Å². The fourth-order valence-corrected chi connectivity index (χ4v) is 2.60. The van der Waals surface area contributed by atoms with Crippen molar-refractivity contribution in [2.24, 2.45) is 0 Å². The summed E-state index contributed by atoms with van der Waals surface area (Å²) in [5.74, 6) is -0.460. The van der Waals surface area contributed by atoms with Gasteiger partial charge < -0.3 is 25.1 Å². The summed E-state index contributed by atoms with van der Waals surface area (Å²) in [6.07, 6.45) is 1.90. The average molecular weight is 346 g/mol. The number of rotatable bonds is 5. The second-order valence-corrected chi connectivity index (χ2v) is 7.14. The van der Waals surface area contributed by atoms with Crippen molar-refractivity contribution < 1.29 is 18.8 Å². The molecule has 0 amide bonds. The molecular formula is C18H27BN2O4. The Kier molecular flexibility index (Phi) is 5.61. The predicted octanol–water partition coefficient (Wildman–Crippen LogP) is 2.29. The highest BCUT2D eigenvalue weighted by Gasteiger charge is 2.52. The van der Waals surface area contributed by atoms with Gasteiger partial charge in [-0.25, -0.2) is 4.79 Å². The highest BCUT2D eigenvalue weighted by molar-refractivity contribution is 6.56. The number of benzene rings is 1. The molecule has 3 N–H and O–H groups in total. The topological polar surface area (TPSA) is 82.8 Å². The van der Waals surface area contributed by atoms with E-state index >= 15 is 0 Å². The zero-order chi connectivity index (χ0) is 18.8. The Balaban J connectivity index is 2.40. The number of ether oxygens (including phenoxy) is 1. The number of carbonyl (C=O) groups is 1. The number of anilines is 1. The lowest BCUT2D eigenvalue weighted by Crippen LogP contribution is -2.41. The Bertz CT molecular complexity index is 670. The fourth-order valence-electron chi connectivity index (χ4n) is 2.60. The molecule has 1 heterocycles. The Morgan fingerprint density at radius 2 is 1.88 bits per heavy atom. The highest BCUT2D eigenvalue weighted by atomic mass is 16.7. The smallest absolute Gasteiger partial charge is 0.465 e. The van der Waals surface area contributed by atoms with E-state index in [1.165, 1.54) is 7.11 Å². The minimum absolute atomic E-state index is 0.342. The first-order valence-electron chi connectivity index (χ1n) is 8.30. The monoisotopic (exact) mass is 346 g/mol. The third kappa shape index (κ3) is 3.89. The molecule has 0 radical (unpaired) electrons. The number of likely N-dealkylation sites (N-methyl/N-ethyl adjacent to an activating group) is 1. The van der Waals surface area contributed by atoms with Crippen molar-refractivity contribution in [2.75, 3.05) is 26.4 Å². The van der Waals surface area contributed by atoms with Crippen LogP contribution in [0.4, 0.5) is 5.69 Å². The summed E-state index contributed by atoms with van der Waals surface area (Å²) in [4.78, 5) is 11.8. The van der Waals surface area contributed by atoms with Crippen molar-refractivity contribution >= 4 is 24.9 Å². The molecule has 0 spiro atoms. The minimum atomic E-state index is -0.487. The maximum absolute atomic E-state index is 11.8. The van der Waals surface area contributed by atoms with Gasteiger partial charge in [0.2, 0.25) is 0 Å². The molecule has 6 nitrogen and oxygen atoms in total. The molecule has 1 saturated heterocycles. The van der Waals surface area contributed by atoms with Crippen molar-refractivity contribution in [3.05, 3.63) is 34.8 Å². The van der Waals surface area contributed by atoms with Crippen LogP contribution >= 0.6 is 0 Å². The van der Waals surface area contributed by atoms with E-state index in [-0.39, 0.29) is 0 Å². The van der Waals surface area contributed by atoms with Gasteiger partial charge in [-0.05, 0) is 51.8 Å². The molecule has 0 saturated carbocycles. The van der Waals surface area contributed by atoms with Gasteiger partial charge in [-0.15, -0.1) is 0 Å².